The number of β-amino-alcohol motifs (C(OH)–C–C–N with tert-alkyl or cyclic N) is 1. The molecule has 1 atom stereocenters. The minimum atomic E-state index is -0.931. The summed E-state index contributed by atoms with van der Waals surface area (Å²) < 4.78 is 11.2. The van der Waals surface area contributed by atoms with E-state index in [4.69, 9.17) is 9.47 Å². The van der Waals surface area contributed by atoms with Crippen LogP contribution in [0.25, 0.3) is 0 Å². The zero-order valence-electron chi connectivity index (χ0n) is 12.9. The molecule has 0 bridgehead atoms. The van der Waals surface area contributed by atoms with E-state index in [9.17, 15) is 5.11 Å². The number of hydrogen-bond acceptors (Lipinski definition) is 6. The largest absolute Gasteiger partial charge is 0.486 e. The highest BCUT2D eigenvalue weighted by Gasteiger charge is 2.37. The van der Waals surface area contributed by atoms with Gasteiger partial charge in [-0.25, -0.2) is 0 Å². The molecule has 122 valence electrons. The number of piperidine rings is 1. The lowest BCUT2D eigenvalue weighted by atomic mass is 9.90. The highest BCUT2D eigenvalue weighted by molar-refractivity contribution is 5.43. The molecule has 7 nitrogen and oxygen atoms in total. The van der Waals surface area contributed by atoms with Crippen LogP contribution in [-0.2, 0) is 12.1 Å². The number of hydrogen-bond donors (Lipinski definition) is 2. The number of fused-ring (bicyclic) bond motifs is 1. The van der Waals surface area contributed by atoms with Gasteiger partial charge in [0.25, 0.3) is 0 Å². The van der Waals surface area contributed by atoms with Crippen LogP contribution in [-0.4, -0.2) is 51.7 Å². The topological polar surface area (TPSA) is 83.5 Å². The minimum Gasteiger partial charge on any atom is -0.486 e. The third kappa shape index (κ3) is 2.89. The number of H-pyrrole nitrogens is 1. The van der Waals surface area contributed by atoms with E-state index in [1.807, 2.05) is 12.1 Å². The Morgan fingerprint density at radius 3 is 2.96 bits per heavy atom. The van der Waals surface area contributed by atoms with E-state index in [1.54, 1.807) is 6.20 Å². The maximum absolute atomic E-state index is 10.9. The summed E-state index contributed by atoms with van der Waals surface area (Å²) in [5.74, 6) is 1.61. The number of aromatic amines is 1. The molecule has 0 aliphatic carbocycles. The molecule has 3 heterocycles. The van der Waals surface area contributed by atoms with Crippen LogP contribution in [0.3, 0.4) is 0 Å². The van der Waals surface area contributed by atoms with Crippen LogP contribution in [0.5, 0.6) is 11.5 Å². The van der Waals surface area contributed by atoms with Crippen molar-refractivity contribution in [2.24, 2.45) is 0 Å². The molecular formula is C16H20N4O3. The van der Waals surface area contributed by atoms with Crippen molar-refractivity contribution < 1.29 is 14.6 Å². The second kappa shape index (κ2) is 5.82. The van der Waals surface area contributed by atoms with Crippen molar-refractivity contribution >= 4 is 0 Å². The SMILES string of the molecule is O[C@]1(c2cn[nH]n2)CCCN(Cc2ccc3c(c2)OCCO3)C1. The summed E-state index contributed by atoms with van der Waals surface area (Å²) in [7, 11) is 0. The van der Waals surface area contributed by atoms with E-state index in [-0.39, 0.29) is 0 Å². The normalized spacial score (nSPS) is 24.6. The van der Waals surface area contributed by atoms with Crippen molar-refractivity contribution in [3.63, 3.8) is 0 Å². The van der Waals surface area contributed by atoms with E-state index >= 15 is 0 Å². The smallest absolute Gasteiger partial charge is 0.161 e. The van der Waals surface area contributed by atoms with Crippen LogP contribution in [0, 0.1) is 0 Å². The maximum Gasteiger partial charge on any atom is 0.161 e. The lowest BCUT2D eigenvalue weighted by molar-refractivity contribution is -0.0414. The van der Waals surface area contributed by atoms with E-state index in [0.717, 1.165) is 36.6 Å². The highest BCUT2D eigenvalue weighted by atomic mass is 16.6. The average Bonchev–Trinajstić information content (AvgIpc) is 3.10. The number of benzene rings is 1. The van der Waals surface area contributed by atoms with Crippen molar-refractivity contribution in [1.82, 2.24) is 20.3 Å². The molecule has 4 rings (SSSR count). The van der Waals surface area contributed by atoms with Gasteiger partial charge in [-0.15, -0.1) is 0 Å². The zero-order valence-corrected chi connectivity index (χ0v) is 12.9. The first-order valence-corrected chi connectivity index (χ1v) is 7.92. The van der Waals surface area contributed by atoms with Gasteiger partial charge in [0.05, 0.1) is 6.20 Å². The van der Waals surface area contributed by atoms with Crippen molar-refractivity contribution in [2.45, 2.75) is 25.0 Å². The molecule has 1 fully saturated rings. The summed E-state index contributed by atoms with van der Waals surface area (Å²) >= 11 is 0. The summed E-state index contributed by atoms with van der Waals surface area (Å²) in [6, 6.07) is 6.03. The summed E-state index contributed by atoms with van der Waals surface area (Å²) in [5, 5.41) is 21.3. The summed E-state index contributed by atoms with van der Waals surface area (Å²) in [4.78, 5) is 2.24. The Morgan fingerprint density at radius 2 is 2.13 bits per heavy atom. The molecule has 2 aliphatic rings. The predicted octanol–water partition coefficient (Wildman–Crippen LogP) is 1.06. The van der Waals surface area contributed by atoms with Crippen LogP contribution >= 0.6 is 0 Å². The lowest BCUT2D eigenvalue weighted by Gasteiger charge is -2.38. The van der Waals surface area contributed by atoms with Gasteiger partial charge in [-0.3, -0.25) is 4.90 Å². The van der Waals surface area contributed by atoms with Crippen LogP contribution in [0.4, 0.5) is 0 Å². The Bertz CT molecular complexity index is 676. The van der Waals surface area contributed by atoms with Crippen LogP contribution in [0.15, 0.2) is 24.4 Å². The summed E-state index contributed by atoms with van der Waals surface area (Å²) in [6.45, 7) is 3.45. The zero-order chi connectivity index (χ0) is 15.7. The quantitative estimate of drug-likeness (QED) is 0.881. The number of aromatic nitrogens is 3. The fraction of sp³-hybridized carbons (Fsp3) is 0.500. The molecule has 1 aromatic carbocycles. The van der Waals surface area contributed by atoms with Crippen molar-refractivity contribution in [2.75, 3.05) is 26.3 Å². The molecule has 2 N–H and O–H groups in total. The Labute approximate surface area is 134 Å². The van der Waals surface area contributed by atoms with Gasteiger partial charge in [-0.1, -0.05) is 6.07 Å². The number of ether oxygens (including phenoxy) is 2. The van der Waals surface area contributed by atoms with Gasteiger partial charge in [0, 0.05) is 13.1 Å². The van der Waals surface area contributed by atoms with Gasteiger partial charge < -0.3 is 14.6 Å². The predicted molar refractivity (Wildman–Crippen MR) is 82.2 cm³/mol. The maximum atomic E-state index is 10.9. The second-order valence-corrected chi connectivity index (χ2v) is 6.18. The van der Waals surface area contributed by atoms with Crippen molar-refractivity contribution in [3.8, 4) is 11.5 Å². The molecule has 0 radical (unpaired) electrons. The first-order chi connectivity index (χ1) is 11.2. The van der Waals surface area contributed by atoms with Crippen LogP contribution in [0.2, 0.25) is 0 Å². The number of likely N-dealkylation sites (tertiary alicyclic amines) is 1. The molecule has 0 unspecified atom stereocenters. The molecule has 0 spiro atoms. The molecule has 1 aromatic heterocycles. The highest BCUT2D eigenvalue weighted by Crippen LogP contribution is 2.33. The van der Waals surface area contributed by atoms with E-state index in [1.165, 1.54) is 0 Å². The molecule has 23 heavy (non-hydrogen) atoms. The van der Waals surface area contributed by atoms with Gasteiger partial charge in [0.2, 0.25) is 0 Å². The Hall–Kier alpha value is -2.12. The van der Waals surface area contributed by atoms with Gasteiger partial charge >= 0.3 is 0 Å². The van der Waals surface area contributed by atoms with Crippen LogP contribution < -0.4 is 9.47 Å². The standard InChI is InChI=1S/C16H20N4O3/c21-16(15-9-17-19-18-15)4-1-5-20(11-16)10-12-2-3-13-14(8-12)23-7-6-22-13/h2-3,8-9,21H,1,4-7,10-11H2,(H,17,18,19)/t16-/m1/s1. The van der Waals surface area contributed by atoms with Crippen molar-refractivity contribution in [1.29, 1.82) is 0 Å². The van der Waals surface area contributed by atoms with E-state index < -0.39 is 5.60 Å². The number of nitrogens with one attached hydrogen (secondary N) is 1. The second-order valence-electron chi connectivity index (χ2n) is 6.18. The summed E-state index contributed by atoms with van der Waals surface area (Å²) in [6.07, 6.45) is 3.23. The Balaban J connectivity index is 1.48. The molecular weight excluding hydrogens is 296 g/mol. The molecule has 2 aliphatic heterocycles. The fourth-order valence-electron chi connectivity index (χ4n) is 3.34. The molecule has 0 saturated carbocycles. The molecule has 1 saturated heterocycles. The first-order valence-electron chi connectivity index (χ1n) is 7.92. The van der Waals surface area contributed by atoms with Gasteiger partial charge in [0.1, 0.15) is 24.5 Å². The number of nitrogens with zero attached hydrogens (tertiary/aromatic N) is 3. The molecule has 0 amide bonds. The fourth-order valence-corrected chi connectivity index (χ4v) is 3.34. The number of rotatable bonds is 3. The molecule has 2 aromatic rings. The monoisotopic (exact) mass is 316 g/mol. The lowest BCUT2D eigenvalue weighted by Crippen LogP contribution is -2.45. The van der Waals surface area contributed by atoms with E-state index in [2.05, 4.69) is 26.4 Å². The van der Waals surface area contributed by atoms with Crippen LogP contribution in [0.1, 0.15) is 24.1 Å². The minimum absolute atomic E-state index is 0.550. The molecule has 7 heteroatoms. The van der Waals surface area contributed by atoms with Crippen molar-refractivity contribution in [3.05, 3.63) is 35.7 Å². The summed E-state index contributed by atoms with van der Waals surface area (Å²) in [5.41, 5.74) is 0.835. The Morgan fingerprint density at radius 1 is 1.26 bits per heavy atom. The van der Waals surface area contributed by atoms with Gasteiger partial charge in [0.15, 0.2) is 11.5 Å². The first kappa shape index (κ1) is 14.5. The van der Waals surface area contributed by atoms with Gasteiger partial charge in [-0.05, 0) is 37.1 Å². The third-order valence-corrected chi connectivity index (χ3v) is 4.45. The Kier molecular flexibility index (Phi) is 3.66. The third-order valence-electron chi connectivity index (χ3n) is 4.45. The van der Waals surface area contributed by atoms with Gasteiger partial charge in [-0.2, -0.15) is 15.4 Å². The average molecular weight is 316 g/mol. The van der Waals surface area contributed by atoms with E-state index in [0.29, 0.717) is 31.9 Å². The number of aliphatic hydroxyl groups is 1.